The quantitative estimate of drug-likeness (QED) is 0.515. The summed E-state index contributed by atoms with van der Waals surface area (Å²) in [7, 11) is 0. The van der Waals surface area contributed by atoms with Gasteiger partial charge in [-0.05, 0) is 22.6 Å². The number of rotatable bonds is 3. The summed E-state index contributed by atoms with van der Waals surface area (Å²) in [5.74, 6) is -0.337. The first-order valence-electron chi connectivity index (χ1n) is 4.78. The first-order chi connectivity index (χ1) is 8.06. The SMILES string of the molecule is Nc1cccc(Cn2cc(Cl)c([N+](=O)[O-])n2)c1. The lowest BCUT2D eigenvalue weighted by molar-refractivity contribution is -0.389. The average molecular weight is 253 g/mol. The zero-order valence-electron chi connectivity index (χ0n) is 8.71. The van der Waals surface area contributed by atoms with Crippen LogP contribution in [0.3, 0.4) is 0 Å². The van der Waals surface area contributed by atoms with Crippen molar-refractivity contribution in [2.45, 2.75) is 6.54 Å². The summed E-state index contributed by atoms with van der Waals surface area (Å²) in [6, 6.07) is 7.21. The average Bonchev–Trinajstić information content (AvgIpc) is 2.59. The lowest BCUT2D eigenvalue weighted by Gasteiger charge is -1.99. The third kappa shape index (κ3) is 2.54. The first-order valence-corrected chi connectivity index (χ1v) is 5.16. The lowest BCUT2D eigenvalue weighted by Crippen LogP contribution is -2.01. The summed E-state index contributed by atoms with van der Waals surface area (Å²) in [4.78, 5) is 9.95. The van der Waals surface area contributed by atoms with Gasteiger partial charge in [-0.3, -0.25) is 0 Å². The monoisotopic (exact) mass is 252 g/mol. The third-order valence-corrected chi connectivity index (χ3v) is 2.43. The van der Waals surface area contributed by atoms with Crippen LogP contribution >= 0.6 is 11.6 Å². The van der Waals surface area contributed by atoms with Crippen molar-refractivity contribution in [3.63, 3.8) is 0 Å². The van der Waals surface area contributed by atoms with Crippen molar-refractivity contribution in [1.82, 2.24) is 9.78 Å². The molecule has 17 heavy (non-hydrogen) atoms. The van der Waals surface area contributed by atoms with Gasteiger partial charge in [-0.1, -0.05) is 23.7 Å². The molecule has 2 N–H and O–H groups in total. The normalized spacial score (nSPS) is 10.4. The van der Waals surface area contributed by atoms with Crippen molar-refractivity contribution >= 4 is 23.1 Å². The molecule has 0 bridgehead atoms. The second-order valence-corrected chi connectivity index (χ2v) is 3.91. The second-order valence-electron chi connectivity index (χ2n) is 3.50. The molecule has 7 heteroatoms. The minimum Gasteiger partial charge on any atom is -0.399 e. The molecule has 0 aliphatic rings. The largest absolute Gasteiger partial charge is 0.408 e. The number of anilines is 1. The van der Waals surface area contributed by atoms with E-state index in [0.717, 1.165) is 5.56 Å². The Morgan fingerprint density at radius 3 is 2.88 bits per heavy atom. The van der Waals surface area contributed by atoms with Crippen LogP contribution in [0.4, 0.5) is 11.5 Å². The van der Waals surface area contributed by atoms with Crippen LogP contribution in [0.25, 0.3) is 0 Å². The highest BCUT2D eigenvalue weighted by Crippen LogP contribution is 2.21. The van der Waals surface area contributed by atoms with Crippen LogP contribution in [-0.2, 0) is 6.54 Å². The van der Waals surface area contributed by atoms with E-state index < -0.39 is 4.92 Å². The Balaban J connectivity index is 2.25. The molecule has 1 aromatic heterocycles. The van der Waals surface area contributed by atoms with Gasteiger partial charge in [0.15, 0.2) is 5.02 Å². The van der Waals surface area contributed by atoms with Gasteiger partial charge in [0.25, 0.3) is 0 Å². The van der Waals surface area contributed by atoms with Gasteiger partial charge < -0.3 is 15.8 Å². The molecule has 88 valence electrons. The molecule has 0 spiro atoms. The highest BCUT2D eigenvalue weighted by Gasteiger charge is 2.18. The number of hydrogen-bond donors (Lipinski definition) is 1. The molecule has 6 nitrogen and oxygen atoms in total. The molecule has 0 saturated carbocycles. The van der Waals surface area contributed by atoms with Crippen molar-refractivity contribution in [3.8, 4) is 0 Å². The van der Waals surface area contributed by atoms with Crippen LogP contribution in [0.2, 0.25) is 5.02 Å². The van der Waals surface area contributed by atoms with E-state index >= 15 is 0 Å². The van der Waals surface area contributed by atoms with E-state index in [4.69, 9.17) is 17.3 Å². The van der Waals surface area contributed by atoms with E-state index in [-0.39, 0.29) is 10.8 Å². The highest BCUT2D eigenvalue weighted by molar-refractivity contribution is 6.32. The summed E-state index contributed by atoms with van der Waals surface area (Å²) < 4.78 is 1.41. The van der Waals surface area contributed by atoms with Crippen LogP contribution in [-0.4, -0.2) is 14.7 Å². The van der Waals surface area contributed by atoms with Crippen LogP contribution in [0.5, 0.6) is 0 Å². The summed E-state index contributed by atoms with van der Waals surface area (Å²) in [6.45, 7) is 0.387. The Kier molecular flexibility index (Phi) is 2.97. The van der Waals surface area contributed by atoms with Gasteiger partial charge in [-0.25, -0.2) is 0 Å². The molecule has 0 saturated heterocycles. The number of benzene rings is 1. The van der Waals surface area contributed by atoms with Crippen molar-refractivity contribution in [1.29, 1.82) is 0 Å². The fraction of sp³-hybridized carbons (Fsp3) is 0.100. The summed E-state index contributed by atoms with van der Waals surface area (Å²) in [5.41, 5.74) is 7.17. The Bertz CT molecular complexity index is 567. The lowest BCUT2D eigenvalue weighted by atomic mass is 10.2. The predicted octanol–water partition coefficient (Wildman–Crippen LogP) is 2.08. The van der Waals surface area contributed by atoms with Gasteiger partial charge in [-0.2, -0.15) is 4.68 Å². The van der Waals surface area contributed by atoms with E-state index in [9.17, 15) is 10.1 Å². The van der Waals surface area contributed by atoms with Crippen LogP contribution in [0, 0.1) is 10.1 Å². The highest BCUT2D eigenvalue weighted by atomic mass is 35.5. The maximum Gasteiger partial charge on any atom is 0.408 e. The number of nitrogens with two attached hydrogens (primary N) is 1. The Labute approximate surface area is 102 Å². The summed E-state index contributed by atoms with van der Waals surface area (Å²) >= 11 is 5.69. The topological polar surface area (TPSA) is 87.0 Å². The number of halogens is 1. The van der Waals surface area contributed by atoms with E-state index in [1.807, 2.05) is 12.1 Å². The number of nitrogens with zero attached hydrogens (tertiary/aromatic N) is 3. The van der Waals surface area contributed by atoms with Gasteiger partial charge in [-0.15, -0.1) is 0 Å². The van der Waals surface area contributed by atoms with E-state index in [1.54, 1.807) is 12.1 Å². The molecule has 0 aliphatic carbocycles. The van der Waals surface area contributed by atoms with Gasteiger partial charge in [0.05, 0.1) is 17.8 Å². The number of nitro groups is 1. The van der Waals surface area contributed by atoms with E-state index in [0.29, 0.717) is 12.2 Å². The maximum atomic E-state index is 10.6. The van der Waals surface area contributed by atoms with E-state index in [2.05, 4.69) is 5.10 Å². The molecule has 2 rings (SSSR count). The molecule has 1 heterocycles. The first kappa shape index (κ1) is 11.4. The van der Waals surface area contributed by atoms with Gasteiger partial charge in [0.1, 0.15) is 0 Å². The molecule has 2 aromatic rings. The van der Waals surface area contributed by atoms with Crippen molar-refractivity contribution in [2.75, 3.05) is 5.73 Å². The number of aromatic nitrogens is 2. The predicted molar refractivity (Wildman–Crippen MR) is 63.8 cm³/mol. The van der Waals surface area contributed by atoms with Gasteiger partial charge >= 0.3 is 5.82 Å². The zero-order valence-corrected chi connectivity index (χ0v) is 9.46. The van der Waals surface area contributed by atoms with E-state index in [1.165, 1.54) is 10.9 Å². The Morgan fingerprint density at radius 1 is 1.53 bits per heavy atom. The smallest absolute Gasteiger partial charge is 0.399 e. The third-order valence-electron chi connectivity index (χ3n) is 2.17. The zero-order chi connectivity index (χ0) is 12.4. The molecule has 0 unspecified atom stereocenters. The van der Waals surface area contributed by atoms with Crippen LogP contribution in [0.1, 0.15) is 5.56 Å². The molecular weight excluding hydrogens is 244 g/mol. The van der Waals surface area contributed by atoms with Crippen molar-refractivity contribution < 1.29 is 4.92 Å². The molecule has 0 amide bonds. The fourth-order valence-corrected chi connectivity index (χ4v) is 1.69. The van der Waals surface area contributed by atoms with Crippen molar-refractivity contribution in [3.05, 3.63) is 51.2 Å². The van der Waals surface area contributed by atoms with Gasteiger partial charge in [0.2, 0.25) is 0 Å². The minimum atomic E-state index is -0.613. The Morgan fingerprint density at radius 2 is 2.29 bits per heavy atom. The fourth-order valence-electron chi connectivity index (χ4n) is 1.47. The molecular formula is C10H9ClN4O2. The molecule has 1 aromatic carbocycles. The standard InChI is InChI=1S/C10H9ClN4O2/c11-9-6-14(13-10(9)15(16)17)5-7-2-1-3-8(12)4-7/h1-4,6H,5,12H2. The van der Waals surface area contributed by atoms with Crippen molar-refractivity contribution in [2.24, 2.45) is 0 Å². The molecule has 0 aliphatic heterocycles. The second kappa shape index (κ2) is 4.42. The van der Waals surface area contributed by atoms with Gasteiger partial charge in [0, 0.05) is 5.69 Å². The Hall–Kier alpha value is -2.08. The molecule has 0 fully saturated rings. The number of nitrogen functional groups attached to an aromatic ring is 1. The molecule has 0 radical (unpaired) electrons. The minimum absolute atomic E-state index is 0.0268. The molecule has 0 atom stereocenters. The number of hydrogen-bond acceptors (Lipinski definition) is 4. The summed E-state index contributed by atoms with van der Waals surface area (Å²) in [6.07, 6.45) is 1.42. The van der Waals surface area contributed by atoms with Crippen LogP contribution in [0.15, 0.2) is 30.5 Å². The maximum absolute atomic E-state index is 10.6. The van der Waals surface area contributed by atoms with Crippen LogP contribution < -0.4 is 5.73 Å². The summed E-state index contributed by atoms with van der Waals surface area (Å²) in [5, 5.41) is 14.4.